The van der Waals surface area contributed by atoms with Crippen LogP contribution in [0.2, 0.25) is 0 Å². The summed E-state index contributed by atoms with van der Waals surface area (Å²) in [7, 11) is 0. The van der Waals surface area contributed by atoms with E-state index in [9.17, 15) is 4.79 Å². The number of thiophene rings is 1. The zero-order valence-electron chi connectivity index (χ0n) is 13.8. The number of nitrogens with zero attached hydrogens (tertiary/aromatic N) is 2. The smallest absolute Gasteiger partial charge is 0.239 e. The number of halogens is 1. The average Bonchev–Trinajstić information content (AvgIpc) is 3.26. The van der Waals surface area contributed by atoms with Crippen molar-refractivity contribution in [2.45, 2.75) is 19.5 Å². The number of hydrogen-bond donors (Lipinski definition) is 2. The molecular formula is C18H19BrN4OS. The van der Waals surface area contributed by atoms with Crippen molar-refractivity contribution in [3.63, 3.8) is 0 Å². The zero-order chi connectivity index (χ0) is 17.6. The molecule has 2 heterocycles. The molecule has 25 heavy (non-hydrogen) atoms. The van der Waals surface area contributed by atoms with Crippen molar-refractivity contribution in [1.82, 2.24) is 15.1 Å². The van der Waals surface area contributed by atoms with E-state index < -0.39 is 0 Å². The first-order chi connectivity index (χ1) is 12.1. The van der Waals surface area contributed by atoms with Crippen molar-refractivity contribution < 1.29 is 4.79 Å². The molecule has 1 aromatic carbocycles. The second-order valence-electron chi connectivity index (χ2n) is 5.63. The molecule has 1 unspecified atom stereocenters. The van der Waals surface area contributed by atoms with Crippen LogP contribution in [0.3, 0.4) is 0 Å². The largest absolute Gasteiger partial charge is 0.310 e. The predicted octanol–water partition coefficient (Wildman–Crippen LogP) is 4.04. The van der Waals surface area contributed by atoms with Crippen molar-refractivity contribution >= 4 is 39.0 Å². The molecule has 0 fully saturated rings. The lowest BCUT2D eigenvalue weighted by Crippen LogP contribution is -2.31. The standard InChI is InChI=1S/C18H19BrN4OS/c1-13(15-6-2-3-7-16(15)19)20-11-18(24)22-17-8-9-21-23(17)12-14-5-4-10-25-14/h2-10,13,20H,11-12H2,1H3,(H,22,24). The van der Waals surface area contributed by atoms with Gasteiger partial charge in [0.15, 0.2) is 0 Å². The monoisotopic (exact) mass is 418 g/mol. The molecule has 0 saturated heterocycles. The number of rotatable bonds is 7. The summed E-state index contributed by atoms with van der Waals surface area (Å²) in [6.45, 7) is 2.92. The predicted molar refractivity (Wildman–Crippen MR) is 105 cm³/mol. The summed E-state index contributed by atoms with van der Waals surface area (Å²) in [5, 5.41) is 12.5. The summed E-state index contributed by atoms with van der Waals surface area (Å²) in [4.78, 5) is 13.5. The molecule has 0 aliphatic heterocycles. The third kappa shape index (κ3) is 4.78. The van der Waals surface area contributed by atoms with E-state index in [2.05, 4.69) is 37.7 Å². The van der Waals surface area contributed by atoms with Crippen molar-refractivity contribution in [3.8, 4) is 0 Å². The van der Waals surface area contributed by atoms with Crippen molar-refractivity contribution in [2.75, 3.05) is 11.9 Å². The van der Waals surface area contributed by atoms with E-state index in [0.717, 1.165) is 10.0 Å². The normalized spacial score (nSPS) is 12.1. The van der Waals surface area contributed by atoms with E-state index in [1.807, 2.05) is 48.7 Å². The van der Waals surface area contributed by atoms with Gasteiger partial charge in [-0.15, -0.1) is 11.3 Å². The number of nitrogens with one attached hydrogen (secondary N) is 2. The van der Waals surface area contributed by atoms with Crippen LogP contribution in [0.15, 0.2) is 58.5 Å². The van der Waals surface area contributed by atoms with E-state index in [-0.39, 0.29) is 18.5 Å². The van der Waals surface area contributed by atoms with Crippen LogP contribution in [0.25, 0.3) is 0 Å². The van der Waals surface area contributed by atoms with E-state index in [0.29, 0.717) is 12.4 Å². The molecule has 1 atom stereocenters. The third-order valence-electron chi connectivity index (χ3n) is 3.81. The summed E-state index contributed by atoms with van der Waals surface area (Å²) in [6.07, 6.45) is 1.69. The van der Waals surface area contributed by atoms with Crippen LogP contribution in [0.4, 0.5) is 5.82 Å². The van der Waals surface area contributed by atoms with Gasteiger partial charge in [-0.2, -0.15) is 5.10 Å². The Morgan fingerprint density at radius 1 is 1.28 bits per heavy atom. The zero-order valence-corrected chi connectivity index (χ0v) is 16.2. The van der Waals surface area contributed by atoms with Gasteiger partial charge >= 0.3 is 0 Å². The van der Waals surface area contributed by atoms with E-state index in [1.54, 1.807) is 22.2 Å². The van der Waals surface area contributed by atoms with Gasteiger partial charge in [0.1, 0.15) is 5.82 Å². The Kier molecular flexibility index (Phi) is 6.01. The van der Waals surface area contributed by atoms with Crippen LogP contribution in [0.1, 0.15) is 23.4 Å². The first-order valence-electron chi connectivity index (χ1n) is 7.95. The van der Waals surface area contributed by atoms with Crippen LogP contribution in [-0.4, -0.2) is 22.2 Å². The van der Waals surface area contributed by atoms with E-state index >= 15 is 0 Å². The SMILES string of the molecule is CC(NCC(=O)Nc1ccnn1Cc1cccs1)c1ccccc1Br. The fourth-order valence-electron chi connectivity index (χ4n) is 2.48. The van der Waals surface area contributed by atoms with Gasteiger partial charge in [-0.25, -0.2) is 4.68 Å². The van der Waals surface area contributed by atoms with Gasteiger partial charge in [0.05, 0.1) is 19.3 Å². The lowest BCUT2D eigenvalue weighted by molar-refractivity contribution is -0.115. The van der Waals surface area contributed by atoms with Gasteiger partial charge < -0.3 is 10.6 Å². The highest BCUT2D eigenvalue weighted by molar-refractivity contribution is 9.10. The second-order valence-corrected chi connectivity index (χ2v) is 7.51. The first kappa shape index (κ1) is 17.8. The highest BCUT2D eigenvalue weighted by Gasteiger charge is 2.12. The molecule has 2 aromatic heterocycles. The van der Waals surface area contributed by atoms with Crippen LogP contribution in [0.5, 0.6) is 0 Å². The molecular weight excluding hydrogens is 400 g/mol. The molecule has 0 bridgehead atoms. The van der Waals surface area contributed by atoms with Gasteiger partial charge in [-0.05, 0) is 30.0 Å². The minimum absolute atomic E-state index is 0.0670. The molecule has 0 spiro atoms. The van der Waals surface area contributed by atoms with Gasteiger partial charge in [-0.3, -0.25) is 4.79 Å². The van der Waals surface area contributed by atoms with Crippen molar-refractivity contribution in [1.29, 1.82) is 0 Å². The number of benzene rings is 1. The highest BCUT2D eigenvalue weighted by Crippen LogP contribution is 2.22. The van der Waals surface area contributed by atoms with E-state index in [4.69, 9.17) is 0 Å². The fraction of sp³-hybridized carbons (Fsp3) is 0.222. The summed E-state index contributed by atoms with van der Waals surface area (Å²) in [5.74, 6) is 0.612. The van der Waals surface area contributed by atoms with Crippen molar-refractivity contribution in [3.05, 3.63) is 69.0 Å². The Hall–Kier alpha value is -1.96. The summed E-state index contributed by atoms with van der Waals surface area (Å²) < 4.78 is 2.82. The molecule has 130 valence electrons. The minimum atomic E-state index is -0.0909. The lowest BCUT2D eigenvalue weighted by Gasteiger charge is -2.16. The molecule has 3 rings (SSSR count). The molecule has 0 aliphatic carbocycles. The average molecular weight is 419 g/mol. The number of anilines is 1. The van der Waals surface area contributed by atoms with Gasteiger partial charge in [-0.1, -0.05) is 40.2 Å². The van der Waals surface area contributed by atoms with Crippen LogP contribution in [-0.2, 0) is 11.3 Å². The third-order valence-corrected chi connectivity index (χ3v) is 5.39. The Bertz CT molecular complexity index is 831. The number of carbonyl (C=O) groups excluding carboxylic acids is 1. The van der Waals surface area contributed by atoms with Gasteiger partial charge in [0, 0.05) is 21.5 Å². The maximum Gasteiger partial charge on any atom is 0.239 e. The van der Waals surface area contributed by atoms with Gasteiger partial charge in [0.2, 0.25) is 5.91 Å². The maximum absolute atomic E-state index is 12.3. The summed E-state index contributed by atoms with van der Waals surface area (Å²) >= 11 is 5.21. The van der Waals surface area contributed by atoms with Crippen LogP contribution in [0, 0.1) is 0 Å². The Morgan fingerprint density at radius 3 is 2.88 bits per heavy atom. The fourth-order valence-corrected chi connectivity index (χ4v) is 3.80. The highest BCUT2D eigenvalue weighted by atomic mass is 79.9. The summed E-state index contributed by atoms with van der Waals surface area (Å²) in [6, 6.07) is 13.9. The number of carbonyl (C=O) groups is 1. The molecule has 3 aromatic rings. The molecule has 7 heteroatoms. The van der Waals surface area contributed by atoms with Gasteiger partial charge in [0.25, 0.3) is 0 Å². The van der Waals surface area contributed by atoms with Crippen molar-refractivity contribution in [2.24, 2.45) is 0 Å². The summed E-state index contributed by atoms with van der Waals surface area (Å²) in [5.41, 5.74) is 1.12. The molecule has 0 radical (unpaired) electrons. The maximum atomic E-state index is 12.3. The Morgan fingerprint density at radius 2 is 2.12 bits per heavy atom. The van der Waals surface area contributed by atoms with E-state index in [1.165, 1.54) is 4.88 Å². The topological polar surface area (TPSA) is 59.0 Å². The lowest BCUT2D eigenvalue weighted by atomic mass is 10.1. The molecule has 5 nitrogen and oxygen atoms in total. The van der Waals surface area contributed by atoms with Crippen LogP contribution >= 0.6 is 27.3 Å². The number of amides is 1. The molecule has 1 amide bonds. The molecule has 0 saturated carbocycles. The Balaban J connectivity index is 1.55. The quantitative estimate of drug-likeness (QED) is 0.608. The Labute approximate surface area is 159 Å². The second kappa shape index (κ2) is 8.42. The first-order valence-corrected chi connectivity index (χ1v) is 9.62. The minimum Gasteiger partial charge on any atom is -0.310 e. The molecule has 0 aliphatic rings. The number of aromatic nitrogens is 2. The number of hydrogen-bond acceptors (Lipinski definition) is 4. The van der Waals surface area contributed by atoms with Crippen LogP contribution < -0.4 is 10.6 Å². The molecule has 2 N–H and O–H groups in total.